The lowest BCUT2D eigenvalue weighted by atomic mass is 10.1. The van der Waals surface area contributed by atoms with Gasteiger partial charge in [0.15, 0.2) is 10.9 Å². The highest BCUT2D eigenvalue weighted by molar-refractivity contribution is 7.22. The van der Waals surface area contributed by atoms with Crippen molar-refractivity contribution in [2.24, 2.45) is 0 Å². The molecule has 3 N–H and O–H groups in total. The lowest BCUT2D eigenvalue weighted by Gasteiger charge is -2.31. The molecule has 1 fully saturated rings. The van der Waals surface area contributed by atoms with Crippen LogP contribution >= 0.6 is 11.3 Å². The monoisotopic (exact) mass is 394 g/mol. The summed E-state index contributed by atoms with van der Waals surface area (Å²) in [6.45, 7) is 1.81. The quantitative estimate of drug-likeness (QED) is 0.536. The minimum atomic E-state index is 0.260. The zero-order chi connectivity index (χ0) is 18.9. The van der Waals surface area contributed by atoms with E-state index in [4.69, 9.17) is 10.7 Å². The van der Waals surface area contributed by atoms with Crippen LogP contribution in [0.25, 0.3) is 10.2 Å². The Bertz CT molecular complexity index is 1090. The molecule has 0 unspecified atom stereocenters. The van der Waals surface area contributed by atoms with Crippen LogP contribution in [0.2, 0.25) is 0 Å². The van der Waals surface area contributed by atoms with Crippen molar-refractivity contribution in [3.8, 4) is 0 Å². The van der Waals surface area contributed by atoms with E-state index in [1.165, 1.54) is 6.33 Å². The minimum absolute atomic E-state index is 0.260. The van der Waals surface area contributed by atoms with Gasteiger partial charge in [0.25, 0.3) is 0 Å². The van der Waals surface area contributed by atoms with Crippen molar-refractivity contribution in [2.75, 3.05) is 29.0 Å². The van der Waals surface area contributed by atoms with Crippen LogP contribution in [-0.4, -0.2) is 48.0 Å². The molecule has 4 aromatic rings. The van der Waals surface area contributed by atoms with E-state index >= 15 is 0 Å². The molecule has 1 saturated heterocycles. The van der Waals surface area contributed by atoms with Crippen LogP contribution in [0.4, 0.5) is 22.6 Å². The number of nitrogens with two attached hydrogens (primary N) is 1. The number of aromatic nitrogens is 7. The summed E-state index contributed by atoms with van der Waals surface area (Å²) in [5, 5.41) is 12.8. The number of hydrogen-bond donors (Lipinski definition) is 2. The van der Waals surface area contributed by atoms with Gasteiger partial charge in [-0.15, -0.1) is 0 Å². The number of nitrogens with one attached hydrogen (secondary N) is 1. The molecule has 11 heteroatoms. The molecule has 0 aliphatic carbocycles. The topological polar surface area (TPSA) is 124 Å². The zero-order valence-corrected chi connectivity index (χ0v) is 15.7. The van der Waals surface area contributed by atoms with Crippen molar-refractivity contribution in [3.63, 3.8) is 0 Å². The van der Waals surface area contributed by atoms with Gasteiger partial charge in [0, 0.05) is 25.4 Å². The third-order valence-electron chi connectivity index (χ3n) is 4.66. The van der Waals surface area contributed by atoms with E-state index in [0.29, 0.717) is 17.5 Å². The molecule has 0 amide bonds. The Hall–Kier alpha value is -3.34. The molecule has 10 nitrogen and oxygen atoms in total. The first-order chi connectivity index (χ1) is 13.8. The third kappa shape index (κ3) is 3.20. The SMILES string of the molecule is Nc1cc(Nc2nccc3nc(N4CCC[C@@H](n5nccn5)C4)sc23)ncn1. The molecule has 1 atom stereocenters. The Balaban J connectivity index is 1.43. The Kier molecular flexibility index (Phi) is 4.20. The van der Waals surface area contributed by atoms with E-state index in [1.807, 2.05) is 6.07 Å². The fourth-order valence-corrected chi connectivity index (χ4v) is 4.40. The van der Waals surface area contributed by atoms with Crippen LogP contribution in [0.1, 0.15) is 18.9 Å². The van der Waals surface area contributed by atoms with Crippen LogP contribution in [0.15, 0.2) is 37.1 Å². The van der Waals surface area contributed by atoms with Gasteiger partial charge in [0.2, 0.25) is 0 Å². The zero-order valence-electron chi connectivity index (χ0n) is 14.9. The highest BCUT2D eigenvalue weighted by Crippen LogP contribution is 2.36. The van der Waals surface area contributed by atoms with Crippen LogP contribution in [0.5, 0.6) is 0 Å². The van der Waals surface area contributed by atoms with Crippen molar-refractivity contribution in [1.82, 2.24) is 34.9 Å². The van der Waals surface area contributed by atoms with Crippen molar-refractivity contribution < 1.29 is 0 Å². The first-order valence-electron chi connectivity index (χ1n) is 8.97. The molecular weight excluding hydrogens is 376 g/mol. The van der Waals surface area contributed by atoms with Gasteiger partial charge in [0.1, 0.15) is 18.0 Å². The van der Waals surface area contributed by atoms with Gasteiger partial charge in [-0.25, -0.2) is 19.9 Å². The second-order valence-corrected chi connectivity index (χ2v) is 7.53. The average Bonchev–Trinajstić information content (AvgIpc) is 3.39. The summed E-state index contributed by atoms with van der Waals surface area (Å²) < 4.78 is 0.981. The lowest BCUT2D eigenvalue weighted by molar-refractivity contribution is 0.342. The molecule has 5 heterocycles. The predicted octanol–water partition coefficient (Wildman–Crippen LogP) is 2.24. The number of hydrogen-bond acceptors (Lipinski definition) is 10. The Morgan fingerprint density at radius 3 is 2.89 bits per heavy atom. The lowest BCUT2D eigenvalue weighted by Crippen LogP contribution is -2.37. The van der Waals surface area contributed by atoms with Gasteiger partial charge in [-0.3, -0.25) is 0 Å². The van der Waals surface area contributed by atoms with Crippen LogP contribution < -0.4 is 16.0 Å². The summed E-state index contributed by atoms with van der Waals surface area (Å²) in [5.74, 6) is 1.72. The summed E-state index contributed by atoms with van der Waals surface area (Å²) in [6.07, 6.45) is 8.75. The second kappa shape index (κ2) is 7.00. The van der Waals surface area contributed by atoms with Gasteiger partial charge in [-0.2, -0.15) is 15.0 Å². The average molecular weight is 394 g/mol. The van der Waals surface area contributed by atoms with E-state index in [9.17, 15) is 0 Å². The minimum Gasteiger partial charge on any atom is -0.384 e. The number of pyridine rings is 1. The van der Waals surface area contributed by atoms with Crippen molar-refractivity contribution in [3.05, 3.63) is 37.1 Å². The van der Waals surface area contributed by atoms with Gasteiger partial charge in [-0.1, -0.05) is 11.3 Å². The fourth-order valence-electron chi connectivity index (χ4n) is 3.36. The molecule has 0 saturated carbocycles. The number of piperidine rings is 1. The molecule has 28 heavy (non-hydrogen) atoms. The summed E-state index contributed by atoms with van der Waals surface area (Å²) in [4.78, 5) is 21.5. The summed E-state index contributed by atoms with van der Waals surface area (Å²) >= 11 is 1.62. The van der Waals surface area contributed by atoms with Crippen LogP contribution in [-0.2, 0) is 0 Å². The van der Waals surface area contributed by atoms with E-state index in [0.717, 1.165) is 41.3 Å². The molecule has 5 rings (SSSR count). The van der Waals surface area contributed by atoms with Gasteiger partial charge >= 0.3 is 0 Å². The van der Waals surface area contributed by atoms with Gasteiger partial charge in [-0.05, 0) is 18.9 Å². The molecule has 0 spiro atoms. The van der Waals surface area contributed by atoms with Crippen molar-refractivity contribution >= 4 is 44.1 Å². The summed E-state index contributed by atoms with van der Waals surface area (Å²) in [5.41, 5.74) is 6.64. The standard InChI is InChI=1S/C17H18N10S/c18-13-8-14(21-10-20-13)25-16-15-12(3-4-19-16)24-17(28-15)26-7-1-2-11(9-26)27-22-5-6-23-27/h3-6,8,10-11H,1-2,7,9H2,(H3,18,19,20,21,25)/t11-/m1/s1. The second-order valence-electron chi connectivity index (χ2n) is 6.55. The maximum atomic E-state index is 5.74. The third-order valence-corrected chi connectivity index (χ3v) is 5.80. The molecule has 0 bridgehead atoms. The number of nitrogen functional groups attached to an aromatic ring is 1. The molecular formula is C17H18N10S. The number of thiazole rings is 1. The van der Waals surface area contributed by atoms with Crippen molar-refractivity contribution in [2.45, 2.75) is 18.9 Å². The largest absolute Gasteiger partial charge is 0.384 e. The highest BCUT2D eigenvalue weighted by atomic mass is 32.1. The number of fused-ring (bicyclic) bond motifs is 1. The summed E-state index contributed by atoms with van der Waals surface area (Å²) in [6, 6.07) is 3.86. The normalized spacial score (nSPS) is 17.1. The molecule has 1 aliphatic rings. The number of anilines is 4. The van der Waals surface area contributed by atoms with Gasteiger partial charge in [0.05, 0.1) is 28.7 Å². The van der Waals surface area contributed by atoms with E-state index in [1.54, 1.807) is 40.8 Å². The fraction of sp³-hybridized carbons (Fsp3) is 0.294. The van der Waals surface area contributed by atoms with E-state index < -0.39 is 0 Å². The van der Waals surface area contributed by atoms with E-state index in [2.05, 4.69) is 35.4 Å². The first kappa shape index (κ1) is 16.8. The number of nitrogens with zero attached hydrogens (tertiary/aromatic N) is 8. The summed E-state index contributed by atoms with van der Waals surface area (Å²) in [7, 11) is 0. The predicted molar refractivity (Wildman–Crippen MR) is 108 cm³/mol. The molecule has 142 valence electrons. The Morgan fingerprint density at radius 1 is 1.14 bits per heavy atom. The van der Waals surface area contributed by atoms with Gasteiger partial charge < -0.3 is 16.0 Å². The van der Waals surface area contributed by atoms with Crippen molar-refractivity contribution in [1.29, 1.82) is 0 Å². The Labute approximate surface area is 164 Å². The molecule has 4 aromatic heterocycles. The highest BCUT2D eigenvalue weighted by Gasteiger charge is 2.25. The maximum absolute atomic E-state index is 5.74. The number of rotatable bonds is 4. The maximum Gasteiger partial charge on any atom is 0.186 e. The first-order valence-corrected chi connectivity index (χ1v) is 9.79. The Morgan fingerprint density at radius 2 is 2.04 bits per heavy atom. The van der Waals surface area contributed by atoms with Crippen LogP contribution in [0.3, 0.4) is 0 Å². The molecule has 0 radical (unpaired) electrons. The molecule has 1 aliphatic heterocycles. The van der Waals surface area contributed by atoms with Crippen LogP contribution in [0, 0.1) is 0 Å². The molecule has 0 aromatic carbocycles. The smallest absolute Gasteiger partial charge is 0.186 e. The van der Waals surface area contributed by atoms with E-state index in [-0.39, 0.29) is 6.04 Å².